The van der Waals surface area contributed by atoms with Crippen LogP contribution in [0, 0.1) is 0 Å². The van der Waals surface area contributed by atoms with E-state index < -0.39 is 0 Å². The van der Waals surface area contributed by atoms with Crippen LogP contribution < -0.4 is 4.74 Å². The van der Waals surface area contributed by atoms with Gasteiger partial charge in [-0.1, -0.05) is 17.3 Å². The Hall–Kier alpha value is -2.08. The molecule has 1 aliphatic rings. The van der Waals surface area contributed by atoms with Crippen LogP contribution >= 0.6 is 0 Å². The number of para-hydroxylation sites is 1. The molecule has 0 unspecified atom stereocenters. The van der Waals surface area contributed by atoms with Crippen LogP contribution in [0.25, 0.3) is 0 Å². The summed E-state index contributed by atoms with van der Waals surface area (Å²) in [6.07, 6.45) is 0. The third-order valence-electron chi connectivity index (χ3n) is 2.06. The number of aliphatic hydroxyl groups is 1. The zero-order chi connectivity index (χ0) is 12.1. The van der Waals surface area contributed by atoms with E-state index in [1.165, 1.54) is 7.11 Å². The normalized spacial score (nSPS) is 18.0. The van der Waals surface area contributed by atoms with E-state index in [0.29, 0.717) is 11.5 Å². The Balaban J connectivity index is 2.27. The number of nitrogens with zero attached hydrogens (tertiary/aromatic N) is 2. The summed E-state index contributed by atoms with van der Waals surface area (Å²) in [7, 11) is 1.44. The molecule has 1 aromatic carbocycles. The zero-order valence-corrected chi connectivity index (χ0v) is 9.29. The minimum atomic E-state index is -0.111. The highest BCUT2D eigenvalue weighted by Crippen LogP contribution is 2.26. The van der Waals surface area contributed by atoms with E-state index in [-0.39, 0.29) is 19.1 Å². The minimum Gasteiger partial charge on any atom is -0.434 e. The second-order valence-electron chi connectivity index (χ2n) is 3.17. The Morgan fingerprint density at radius 1 is 1.29 bits per heavy atom. The highest BCUT2D eigenvalue weighted by Gasteiger charge is 2.28. The predicted molar refractivity (Wildman–Crippen MR) is 61.1 cm³/mol. The zero-order valence-electron chi connectivity index (χ0n) is 9.29. The smallest absolute Gasteiger partial charge is 0.286 e. The van der Waals surface area contributed by atoms with Crippen molar-refractivity contribution in [3.8, 4) is 5.75 Å². The first-order valence-electron chi connectivity index (χ1n) is 5.06. The van der Waals surface area contributed by atoms with E-state index in [1.807, 2.05) is 18.2 Å². The maximum absolute atomic E-state index is 8.59. The molecule has 90 valence electrons. The molecule has 6 nitrogen and oxygen atoms in total. The van der Waals surface area contributed by atoms with Crippen molar-refractivity contribution < 1.29 is 19.5 Å². The molecule has 0 aliphatic carbocycles. The van der Waals surface area contributed by atoms with Crippen molar-refractivity contribution in [1.82, 2.24) is 0 Å². The van der Waals surface area contributed by atoms with Gasteiger partial charge in [-0.25, -0.2) is 0 Å². The van der Waals surface area contributed by atoms with Gasteiger partial charge in [-0.15, -0.1) is 0 Å². The molecule has 2 rings (SSSR count). The monoisotopic (exact) mass is 236 g/mol. The van der Waals surface area contributed by atoms with Crippen LogP contribution in [0.4, 0.5) is 0 Å². The molecule has 0 saturated heterocycles. The van der Waals surface area contributed by atoms with Gasteiger partial charge in [0.1, 0.15) is 19.5 Å². The molecule has 0 bridgehead atoms. The summed E-state index contributed by atoms with van der Waals surface area (Å²) in [4.78, 5) is 9.59. The van der Waals surface area contributed by atoms with Gasteiger partial charge < -0.3 is 19.5 Å². The first-order valence-corrected chi connectivity index (χ1v) is 5.06. The molecule has 1 aliphatic heterocycles. The summed E-state index contributed by atoms with van der Waals surface area (Å²) < 4.78 is 5.45. The number of benzene rings is 1. The van der Waals surface area contributed by atoms with Gasteiger partial charge >= 0.3 is 0 Å². The van der Waals surface area contributed by atoms with Crippen molar-refractivity contribution in [3.05, 3.63) is 29.8 Å². The molecule has 0 amide bonds. The van der Waals surface area contributed by atoms with Gasteiger partial charge in [0.25, 0.3) is 5.90 Å². The number of rotatable bonds is 4. The van der Waals surface area contributed by atoms with Crippen molar-refractivity contribution in [2.24, 2.45) is 10.3 Å². The third kappa shape index (κ3) is 2.36. The van der Waals surface area contributed by atoms with Crippen LogP contribution in [0.15, 0.2) is 34.6 Å². The van der Waals surface area contributed by atoms with Crippen LogP contribution in [0.1, 0.15) is 5.56 Å². The Labute approximate surface area is 98.1 Å². The van der Waals surface area contributed by atoms with Gasteiger partial charge in [-0.2, -0.15) is 0 Å². The van der Waals surface area contributed by atoms with Crippen LogP contribution in [-0.4, -0.2) is 37.0 Å². The molecule has 1 N–H and O–H groups in total. The lowest BCUT2D eigenvalue weighted by molar-refractivity contribution is 0.0960. The quantitative estimate of drug-likeness (QED) is 0.618. The summed E-state index contributed by atoms with van der Waals surface area (Å²) >= 11 is 0. The van der Waals surface area contributed by atoms with Gasteiger partial charge in [-0.05, 0) is 17.3 Å². The van der Waals surface area contributed by atoms with Crippen LogP contribution in [0.5, 0.6) is 5.75 Å². The molecule has 0 radical (unpaired) electrons. The molecule has 17 heavy (non-hydrogen) atoms. The lowest BCUT2D eigenvalue weighted by atomic mass is 10.1. The highest BCUT2D eigenvalue weighted by atomic mass is 16.7. The standard InChI is InChI=1S/C11H12N2O4/c1-15-12-10-8-4-2-3-5-9(8)17-11(10)13-16-7-6-14/h2-5,14H,6-7H2,1H3/b12-10+,13-11+. The summed E-state index contributed by atoms with van der Waals surface area (Å²) in [5.41, 5.74) is 1.27. The minimum absolute atomic E-state index is 0.101. The van der Waals surface area contributed by atoms with Gasteiger partial charge in [-0.3, -0.25) is 0 Å². The van der Waals surface area contributed by atoms with Crippen molar-refractivity contribution >= 4 is 11.6 Å². The molecule has 0 atom stereocenters. The Kier molecular flexibility index (Phi) is 3.56. The maximum atomic E-state index is 8.59. The lowest BCUT2D eigenvalue weighted by Crippen LogP contribution is -2.15. The van der Waals surface area contributed by atoms with Crippen molar-refractivity contribution in [1.29, 1.82) is 0 Å². The fourth-order valence-corrected chi connectivity index (χ4v) is 1.41. The van der Waals surface area contributed by atoms with Gasteiger partial charge in [0, 0.05) is 0 Å². The third-order valence-corrected chi connectivity index (χ3v) is 2.06. The Morgan fingerprint density at radius 3 is 2.88 bits per heavy atom. The van der Waals surface area contributed by atoms with Crippen LogP contribution in [0.2, 0.25) is 0 Å². The van der Waals surface area contributed by atoms with E-state index in [4.69, 9.17) is 19.5 Å². The fraction of sp³-hybridized carbons (Fsp3) is 0.273. The first-order chi connectivity index (χ1) is 8.36. The topological polar surface area (TPSA) is 72.6 Å². The lowest BCUT2D eigenvalue weighted by Gasteiger charge is -1.98. The van der Waals surface area contributed by atoms with Crippen molar-refractivity contribution in [2.75, 3.05) is 20.3 Å². The van der Waals surface area contributed by atoms with E-state index in [2.05, 4.69) is 10.3 Å². The summed E-state index contributed by atoms with van der Waals surface area (Å²) in [5.74, 6) is 0.871. The molecular weight excluding hydrogens is 224 g/mol. The van der Waals surface area contributed by atoms with Gasteiger partial charge in [0.2, 0.25) is 0 Å². The van der Waals surface area contributed by atoms with Crippen LogP contribution in [-0.2, 0) is 9.68 Å². The number of aliphatic hydroxyl groups excluding tert-OH is 1. The number of hydrogen-bond donors (Lipinski definition) is 1. The van der Waals surface area contributed by atoms with E-state index in [1.54, 1.807) is 6.07 Å². The number of fused-ring (bicyclic) bond motifs is 1. The Bertz CT molecular complexity index is 457. The second kappa shape index (κ2) is 5.31. The van der Waals surface area contributed by atoms with E-state index in [0.717, 1.165) is 5.56 Å². The number of hydrogen-bond acceptors (Lipinski definition) is 6. The predicted octanol–water partition coefficient (Wildman–Crippen LogP) is 0.752. The van der Waals surface area contributed by atoms with Crippen molar-refractivity contribution in [2.45, 2.75) is 0 Å². The SMILES string of the molecule is CO/N=C1/C(=N\OCCO)Oc2ccccc21. The Morgan fingerprint density at radius 2 is 2.12 bits per heavy atom. The molecule has 0 saturated carbocycles. The molecule has 0 spiro atoms. The average Bonchev–Trinajstić information content (AvgIpc) is 2.69. The number of ether oxygens (including phenoxy) is 1. The first kappa shape index (κ1) is 11.4. The largest absolute Gasteiger partial charge is 0.434 e. The van der Waals surface area contributed by atoms with Gasteiger partial charge in [0.05, 0.1) is 12.2 Å². The second-order valence-corrected chi connectivity index (χ2v) is 3.17. The molecular formula is C11H12N2O4. The average molecular weight is 236 g/mol. The molecule has 1 aromatic rings. The van der Waals surface area contributed by atoms with Crippen molar-refractivity contribution in [3.63, 3.8) is 0 Å². The summed E-state index contributed by atoms with van der Waals surface area (Å²) in [5, 5.41) is 16.2. The van der Waals surface area contributed by atoms with Gasteiger partial charge in [0.15, 0.2) is 5.71 Å². The molecule has 6 heteroatoms. The van der Waals surface area contributed by atoms with Crippen LogP contribution in [0.3, 0.4) is 0 Å². The van der Waals surface area contributed by atoms with E-state index >= 15 is 0 Å². The fourth-order valence-electron chi connectivity index (χ4n) is 1.41. The molecule has 1 heterocycles. The summed E-state index contributed by atoms with van der Waals surface area (Å²) in [6, 6.07) is 7.36. The highest BCUT2D eigenvalue weighted by molar-refractivity contribution is 6.48. The summed E-state index contributed by atoms with van der Waals surface area (Å²) in [6.45, 7) is -0.00997. The van der Waals surface area contributed by atoms with E-state index in [9.17, 15) is 0 Å². The number of oxime groups is 2. The molecule has 0 aromatic heterocycles. The molecule has 0 fully saturated rings. The maximum Gasteiger partial charge on any atom is 0.286 e.